The Hall–Kier alpha value is -0.510. The van der Waals surface area contributed by atoms with Crippen LogP contribution in [0.5, 0.6) is 0 Å². The van der Waals surface area contributed by atoms with Crippen LogP contribution in [0.2, 0.25) is 0 Å². The van der Waals surface area contributed by atoms with Crippen LogP contribution in [0.4, 0.5) is 0 Å². The van der Waals surface area contributed by atoms with Crippen LogP contribution >= 0.6 is 11.8 Å². The van der Waals surface area contributed by atoms with E-state index in [-0.39, 0.29) is 5.54 Å². The van der Waals surface area contributed by atoms with Crippen LogP contribution in [-0.4, -0.2) is 19.0 Å². The van der Waals surface area contributed by atoms with Crippen LogP contribution in [0, 0.1) is 0 Å². The van der Waals surface area contributed by atoms with Crippen molar-refractivity contribution in [1.82, 2.24) is 0 Å². The maximum absolute atomic E-state index is 6.12. The molecule has 0 bridgehead atoms. The van der Waals surface area contributed by atoms with Gasteiger partial charge in [0.15, 0.2) is 0 Å². The standard InChI is InChI=1S/C11H15NOS/c1-2-14-10-5-3-9(4-6-10)11(12)7-13-8-11/h3-6H,2,7-8,12H2,1H3. The molecule has 0 atom stereocenters. The molecule has 1 heterocycles. The van der Waals surface area contributed by atoms with E-state index in [0.717, 1.165) is 5.75 Å². The molecule has 0 spiro atoms. The molecule has 76 valence electrons. The van der Waals surface area contributed by atoms with Crippen molar-refractivity contribution in [3.63, 3.8) is 0 Å². The molecule has 3 heteroatoms. The van der Waals surface area contributed by atoms with E-state index in [0.29, 0.717) is 13.2 Å². The number of hydrogen-bond acceptors (Lipinski definition) is 3. The van der Waals surface area contributed by atoms with E-state index in [1.165, 1.54) is 10.5 Å². The minimum absolute atomic E-state index is 0.227. The molecule has 1 fully saturated rings. The van der Waals surface area contributed by atoms with E-state index in [9.17, 15) is 0 Å². The number of nitrogens with two attached hydrogens (primary N) is 1. The van der Waals surface area contributed by atoms with Gasteiger partial charge in [-0.25, -0.2) is 0 Å². The molecule has 0 radical (unpaired) electrons. The highest BCUT2D eigenvalue weighted by Gasteiger charge is 2.35. The summed E-state index contributed by atoms with van der Waals surface area (Å²) in [7, 11) is 0. The molecule has 14 heavy (non-hydrogen) atoms. The third-order valence-electron chi connectivity index (χ3n) is 2.46. The lowest BCUT2D eigenvalue weighted by molar-refractivity contribution is -0.0569. The van der Waals surface area contributed by atoms with E-state index in [1.54, 1.807) is 0 Å². The summed E-state index contributed by atoms with van der Waals surface area (Å²) in [6.45, 7) is 3.45. The summed E-state index contributed by atoms with van der Waals surface area (Å²) in [5.74, 6) is 1.11. The quantitative estimate of drug-likeness (QED) is 0.773. The first kappa shape index (κ1) is 10.0. The lowest BCUT2D eigenvalue weighted by atomic mass is 9.89. The summed E-state index contributed by atoms with van der Waals surface area (Å²) in [4.78, 5) is 1.31. The Kier molecular flexibility index (Phi) is 2.81. The van der Waals surface area contributed by atoms with Crippen molar-refractivity contribution >= 4 is 11.8 Å². The van der Waals surface area contributed by atoms with Crippen molar-refractivity contribution in [3.05, 3.63) is 29.8 Å². The Morgan fingerprint density at radius 2 is 2.00 bits per heavy atom. The van der Waals surface area contributed by atoms with Gasteiger partial charge in [0.2, 0.25) is 0 Å². The fourth-order valence-electron chi connectivity index (χ4n) is 1.54. The van der Waals surface area contributed by atoms with Crippen molar-refractivity contribution in [2.75, 3.05) is 19.0 Å². The van der Waals surface area contributed by atoms with Crippen LogP contribution in [-0.2, 0) is 10.3 Å². The molecule has 1 aliphatic rings. The molecule has 1 aromatic carbocycles. The summed E-state index contributed by atoms with van der Waals surface area (Å²) in [5.41, 5.74) is 7.07. The predicted octanol–water partition coefficient (Wildman–Crippen LogP) is 1.98. The second kappa shape index (κ2) is 3.93. The monoisotopic (exact) mass is 209 g/mol. The third kappa shape index (κ3) is 1.80. The minimum Gasteiger partial charge on any atom is -0.377 e. The van der Waals surface area contributed by atoms with E-state index >= 15 is 0 Å². The van der Waals surface area contributed by atoms with Gasteiger partial charge in [-0.3, -0.25) is 0 Å². The lowest BCUT2D eigenvalue weighted by Crippen LogP contribution is -2.54. The van der Waals surface area contributed by atoms with Crippen LogP contribution in [0.25, 0.3) is 0 Å². The van der Waals surface area contributed by atoms with Crippen molar-refractivity contribution in [2.45, 2.75) is 17.4 Å². The number of hydrogen-bond donors (Lipinski definition) is 1. The van der Waals surface area contributed by atoms with Crippen molar-refractivity contribution in [1.29, 1.82) is 0 Å². The Labute approximate surface area is 88.8 Å². The summed E-state index contributed by atoms with van der Waals surface area (Å²) >= 11 is 1.85. The zero-order chi connectivity index (χ0) is 10.0. The van der Waals surface area contributed by atoms with Crippen LogP contribution in [0.15, 0.2) is 29.2 Å². The molecule has 2 nitrogen and oxygen atoms in total. The van der Waals surface area contributed by atoms with Crippen molar-refractivity contribution in [3.8, 4) is 0 Å². The fraction of sp³-hybridized carbons (Fsp3) is 0.455. The Bertz CT molecular complexity index is 306. The van der Waals surface area contributed by atoms with Gasteiger partial charge in [-0.15, -0.1) is 11.8 Å². The highest BCUT2D eigenvalue weighted by molar-refractivity contribution is 7.99. The average Bonchev–Trinajstić information content (AvgIpc) is 2.16. The number of rotatable bonds is 3. The Morgan fingerprint density at radius 1 is 1.36 bits per heavy atom. The molecule has 1 saturated heterocycles. The Morgan fingerprint density at radius 3 is 2.43 bits per heavy atom. The topological polar surface area (TPSA) is 35.2 Å². The zero-order valence-corrected chi connectivity index (χ0v) is 9.14. The number of thioether (sulfide) groups is 1. The summed E-state index contributed by atoms with van der Waals surface area (Å²) in [5, 5.41) is 0. The fourth-order valence-corrected chi connectivity index (χ4v) is 2.20. The van der Waals surface area contributed by atoms with E-state index in [1.807, 2.05) is 11.8 Å². The molecular formula is C11H15NOS. The number of benzene rings is 1. The van der Waals surface area contributed by atoms with E-state index in [4.69, 9.17) is 10.5 Å². The first-order valence-electron chi connectivity index (χ1n) is 4.84. The van der Waals surface area contributed by atoms with Crippen molar-refractivity contribution < 1.29 is 4.74 Å². The molecule has 0 aromatic heterocycles. The van der Waals surface area contributed by atoms with Gasteiger partial charge in [0.1, 0.15) is 0 Å². The van der Waals surface area contributed by atoms with E-state index in [2.05, 4.69) is 31.2 Å². The minimum atomic E-state index is -0.227. The largest absolute Gasteiger partial charge is 0.377 e. The molecule has 2 N–H and O–H groups in total. The second-order valence-corrected chi connectivity index (χ2v) is 4.94. The van der Waals surface area contributed by atoms with Crippen LogP contribution in [0.1, 0.15) is 12.5 Å². The molecule has 0 unspecified atom stereocenters. The molecule has 1 aromatic rings. The summed E-state index contributed by atoms with van der Waals surface area (Å²) < 4.78 is 5.14. The third-order valence-corrected chi connectivity index (χ3v) is 3.35. The molecule has 0 amide bonds. The predicted molar refractivity (Wildman–Crippen MR) is 59.5 cm³/mol. The highest BCUT2D eigenvalue weighted by Crippen LogP contribution is 2.28. The average molecular weight is 209 g/mol. The zero-order valence-electron chi connectivity index (χ0n) is 8.32. The molecule has 0 aliphatic carbocycles. The van der Waals surface area contributed by atoms with Crippen molar-refractivity contribution in [2.24, 2.45) is 5.73 Å². The van der Waals surface area contributed by atoms with Crippen LogP contribution < -0.4 is 5.73 Å². The lowest BCUT2D eigenvalue weighted by Gasteiger charge is -2.38. The summed E-state index contributed by atoms with van der Waals surface area (Å²) in [6.07, 6.45) is 0. The van der Waals surface area contributed by atoms with Gasteiger partial charge < -0.3 is 10.5 Å². The van der Waals surface area contributed by atoms with Gasteiger partial charge in [0.05, 0.1) is 18.8 Å². The summed E-state index contributed by atoms with van der Waals surface area (Å²) in [6, 6.07) is 8.49. The maximum atomic E-state index is 6.12. The van der Waals surface area contributed by atoms with Gasteiger partial charge in [-0.05, 0) is 23.4 Å². The van der Waals surface area contributed by atoms with Gasteiger partial charge >= 0.3 is 0 Å². The number of ether oxygens (including phenoxy) is 1. The normalized spacial score (nSPS) is 19.0. The van der Waals surface area contributed by atoms with Crippen LogP contribution in [0.3, 0.4) is 0 Å². The SMILES string of the molecule is CCSc1ccc(C2(N)COC2)cc1. The second-order valence-electron chi connectivity index (χ2n) is 3.61. The molecular weight excluding hydrogens is 194 g/mol. The Balaban J connectivity index is 2.13. The highest BCUT2D eigenvalue weighted by atomic mass is 32.2. The molecule has 0 saturated carbocycles. The first-order valence-corrected chi connectivity index (χ1v) is 5.83. The molecule has 2 rings (SSSR count). The maximum Gasteiger partial charge on any atom is 0.0883 e. The first-order chi connectivity index (χ1) is 6.74. The smallest absolute Gasteiger partial charge is 0.0883 e. The van der Waals surface area contributed by atoms with Gasteiger partial charge in [0.25, 0.3) is 0 Å². The van der Waals surface area contributed by atoms with E-state index < -0.39 is 0 Å². The van der Waals surface area contributed by atoms with Gasteiger partial charge in [-0.2, -0.15) is 0 Å². The van der Waals surface area contributed by atoms with Gasteiger partial charge in [-0.1, -0.05) is 19.1 Å². The van der Waals surface area contributed by atoms with Gasteiger partial charge in [0, 0.05) is 4.90 Å². The molecule has 1 aliphatic heterocycles.